The summed E-state index contributed by atoms with van der Waals surface area (Å²) in [6, 6.07) is 20.0. The van der Waals surface area contributed by atoms with E-state index in [9.17, 15) is 14.9 Å². The Labute approximate surface area is 167 Å². The average molecular weight is 387 g/mol. The van der Waals surface area contributed by atoms with Crippen LogP contribution in [0.2, 0.25) is 0 Å². The molecule has 0 unspecified atom stereocenters. The number of ether oxygens (including phenoxy) is 1. The first-order valence-electron chi connectivity index (χ1n) is 8.76. The van der Waals surface area contributed by atoms with Gasteiger partial charge in [-0.3, -0.25) is 14.9 Å². The van der Waals surface area contributed by atoms with Crippen LogP contribution in [0.25, 0.3) is 0 Å². The van der Waals surface area contributed by atoms with Gasteiger partial charge in [-0.1, -0.05) is 12.1 Å². The third kappa shape index (κ3) is 5.17. The summed E-state index contributed by atoms with van der Waals surface area (Å²) in [5, 5.41) is 22.4. The van der Waals surface area contributed by atoms with Crippen molar-refractivity contribution in [2.75, 3.05) is 5.32 Å². The number of nitro benzene ring substituents is 1. The Kier molecular flexibility index (Phi) is 5.85. The molecule has 0 atom stereocenters. The summed E-state index contributed by atoms with van der Waals surface area (Å²) in [6.07, 6.45) is 0.112. The fourth-order valence-electron chi connectivity index (χ4n) is 2.69. The zero-order valence-electron chi connectivity index (χ0n) is 15.6. The van der Waals surface area contributed by atoms with Crippen LogP contribution in [0.1, 0.15) is 16.7 Å². The zero-order valence-corrected chi connectivity index (χ0v) is 15.6. The molecule has 0 heterocycles. The molecule has 29 heavy (non-hydrogen) atoms. The number of benzene rings is 3. The molecule has 0 aliphatic carbocycles. The van der Waals surface area contributed by atoms with E-state index in [1.54, 1.807) is 54.6 Å². The number of hydrogen-bond donors (Lipinski definition) is 1. The fourth-order valence-corrected chi connectivity index (χ4v) is 2.69. The zero-order chi connectivity index (χ0) is 20.8. The van der Waals surface area contributed by atoms with Gasteiger partial charge < -0.3 is 10.1 Å². The van der Waals surface area contributed by atoms with Gasteiger partial charge in [0.2, 0.25) is 5.91 Å². The number of carbonyl (C=O) groups is 1. The van der Waals surface area contributed by atoms with E-state index in [1.807, 2.05) is 6.92 Å². The summed E-state index contributed by atoms with van der Waals surface area (Å²) in [4.78, 5) is 22.5. The molecule has 1 amide bonds. The number of rotatable bonds is 6. The van der Waals surface area contributed by atoms with Crippen LogP contribution in [0.3, 0.4) is 0 Å². The maximum Gasteiger partial charge on any atom is 0.269 e. The van der Waals surface area contributed by atoms with E-state index < -0.39 is 4.92 Å². The highest BCUT2D eigenvalue weighted by Gasteiger charge is 2.10. The molecular formula is C22H17N3O4. The lowest BCUT2D eigenvalue weighted by Gasteiger charge is -2.11. The van der Waals surface area contributed by atoms with Crippen molar-refractivity contribution in [1.29, 1.82) is 5.26 Å². The minimum absolute atomic E-state index is 0.0112. The van der Waals surface area contributed by atoms with E-state index in [2.05, 4.69) is 11.4 Å². The number of amides is 1. The molecule has 0 radical (unpaired) electrons. The summed E-state index contributed by atoms with van der Waals surface area (Å²) < 4.78 is 5.77. The van der Waals surface area contributed by atoms with Gasteiger partial charge in [0.1, 0.15) is 11.5 Å². The molecule has 0 aliphatic rings. The van der Waals surface area contributed by atoms with Crippen molar-refractivity contribution in [3.05, 3.63) is 93.5 Å². The van der Waals surface area contributed by atoms with Gasteiger partial charge in [0.05, 0.1) is 23.0 Å². The lowest BCUT2D eigenvalue weighted by atomic mass is 10.1. The molecule has 144 valence electrons. The number of nitrogens with zero attached hydrogens (tertiary/aromatic N) is 2. The number of nitrogens with one attached hydrogen (secondary N) is 1. The molecule has 7 heteroatoms. The van der Waals surface area contributed by atoms with Gasteiger partial charge in [-0.15, -0.1) is 0 Å². The van der Waals surface area contributed by atoms with E-state index in [0.717, 1.165) is 5.56 Å². The quantitative estimate of drug-likeness (QED) is 0.485. The Morgan fingerprint density at radius 1 is 1.07 bits per heavy atom. The van der Waals surface area contributed by atoms with Gasteiger partial charge in [0.25, 0.3) is 5.69 Å². The third-order valence-electron chi connectivity index (χ3n) is 4.20. The van der Waals surface area contributed by atoms with Crippen LogP contribution in [0, 0.1) is 28.4 Å². The maximum absolute atomic E-state index is 12.3. The molecular weight excluding hydrogens is 370 g/mol. The first kappa shape index (κ1) is 19.6. The number of carbonyl (C=O) groups excluding carboxylic acids is 1. The number of aryl methyl sites for hydroxylation is 1. The Balaban J connectivity index is 1.62. The number of nitro groups is 1. The van der Waals surface area contributed by atoms with Crippen LogP contribution in [0.5, 0.6) is 11.5 Å². The first-order chi connectivity index (χ1) is 13.9. The second-order valence-corrected chi connectivity index (χ2v) is 6.36. The van der Waals surface area contributed by atoms with Crippen molar-refractivity contribution in [2.45, 2.75) is 13.3 Å². The molecule has 1 N–H and O–H groups in total. The third-order valence-corrected chi connectivity index (χ3v) is 4.20. The summed E-state index contributed by atoms with van der Waals surface area (Å²) in [5.74, 6) is 1.00. The van der Waals surface area contributed by atoms with Gasteiger partial charge in [-0.05, 0) is 60.5 Å². The predicted octanol–water partition coefficient (Wildman–Crippen LogP) is 4.75. The van der Waals surface area contributed by atoms with Crippen LogP contribution in [-0.2, 0) is 11.2 Å². The second kappa shape index (κ2) is 8.67. The average Bonchev–Trinajstić information content (AvgIpc) is 2.71. The van der Waals surface area contributed by atoms with Gasteiger partial charge in [0, 0.05) is 17.8 Å². The number of non-ortho nitro benzene ring substituents is 1. The van der Waals surface area contributed by atoms with Crippen molar-refractivity contribution >= 4 is 17.3 Å². The van der Waals surface area contributed by atoms with Crippen LogP contribution in [0.4, 0.5) is 11.4 Å². The molecule has 0 aliphatic heterocycles. The summed E-state index contributed by atoms with van der Waals surface area (Å²) >= 11 is 0. The monoisotopic (exact) mass is 387 g/mol. The molecule has 0 bridgehead atoms. The molecule has 0 saturated heterocycles. The molecule has 0 spiro atoms. The minimum atomic E-state index is -0.477. The standard InChI is InChI=1S/C22H17N3O4/c1-15-12-20(29-19-8-4-17(14-23)5-9-19)10-11-21(15)24-22(26)13-16-2-6-18(7-3-16)25(27)28/h2-12H,13H2,1H3,(H,24,26). The second-order valence-electron chi connectivity index (χ2n) is 6.36. The van der Waals surface area contributed by atoms with Crippen LogP contribution >= 0.6 is 0 Å². The highest BCUT2D eigenvalue weighted by molar-refractivity contribution is 5.93. The number of nitriles is 1. The fraction of sp³-hybridized carbons (Fsp3) is 0.0909. The lowest BCUT2D eigenvalue weighted by molar-refractivity contribution is -0.384. The smallest absolute Gasteiger partial charge is 0.269 e. The Bertz CT molecular complexity index is 1080. The van der Waals surface area contributed by atoms with Crippen LogP contribution in [-0.4, -0.2) is 10.8 Å². The van der Waals surface area contributed by atoms with E-state index >= 15 is 0 Å². The Hall–Kier alpha value is -4.18. The molecule has 3 rings (SSSR count). The van der Waals surface area contributed by atoms with Crippen molar-refractivity contribution < 1.29 is 14.5 Å². The van der Waals surface area contributed by atoms with Crippen LogP contribution in [0.15, 0.2) is 66.7 Å². The summed E-state index contributed by atoms with van der Waals surface area (Å²) in [6.45, 7) is 1.85. The largest absolute Gasteiger partial charge is 0.457 e. The van der Waals surface area contributed by atoms with Crippen molar-refractivity contribution in [2.24, 2.45) is 0 Å². The van der Waals surface area contributed by atoms with Gasteiger partial charge >= 0.3 is 0 Å². The van der Waals surface area contributed by atoms with E-state index in [0.29, 0.717) is 28.3 Å². The highest BCUT2D eigenvalue weighted by Crippen LogP contribution is 2.26. The molecule has 7 nitrogen and oxygen atoms in total. The molecule has 3 aromatic rings. The van der Waals surface area contributed by atoms with E-state index in [-0.39, 0.29) is 18.0 Å². The topological polar surface area (TPSA) is 105 Å². The summed E-state index contributed by atoms with van der Waals surface area (Å²) in [5.41, 5.74) is 2.71. The van der Waals surface area contributed by atoms with Crippen molar-refractivity contribution in [3.63, 3.8) is 0 Å². The number of hydrogen-bond acceptors (Lipinski definition) is 5. The van der Waals surface area contributed by atoms with Crippen LogP contribution < -0.4 is 10.1 Å². The molecule has 0 aromatic heterocycles. The Morgan fingerprint density at radius 2 is 1.72 bits per heavy atom. The lowest BCUT2D eigenvalue weighted by Crippen LogP contribution is -2.15. The van der Waals surface area contributed by atoms with Gasteiger partial charge in [-0.2, -0.15) is 5.26 Å². The SMILES string of the molecule is Cc1cc(Oc2ccc(C#N)cc2)ccc1NC(=O)Cc1ccc([N+](=O)[O-])cc1. The first-order valence-corrected chi connectivity index (χ1v) is 8.76. The minimum Gasteiger partial charge on any atom is -0.457 e. The molecule has 3 aromatic carbocycles. The Morgan fingerprint density at radius 3 is 2.31 bits per heavy atom. The van der Waals surface area contributed by atoms with Crippen molar-refractivity contribution in [3.8, 4) is 17.6 Å². The molecule has 0 saturated carbocycles. The highest BCUT2D eigenvalue weighted by atomic mass is 16.6. The number of anilines is 1. The van der Waals surface area contributed by atoms with E-state index in [1.165, 1.54) is 12.1 Å². The maximum atomic E-state index is 12.3. The normalized spacial score (nSPS) is 10.1. The van der Waals surface area contributed by atoms with Crippen molar-refractivity contribution in [1.82, 2.24) is 0 Å². The predicted molar refractivity (Wildman–Crippen MR) is 108 cm³/mol. The summed E-state index contributed by atoms with van der Waals surface area (Å²) in [7, 11) is 0. The van der Waals surface area contributed by atoms with Gasteiger partial charge in [0.15, 0.2) is 0 Å². The molecule has 0 fully saturated rings. The van der Waals surface area contributed by atoms with Gasteiger partial charge in [-0.25, -0.2) is 0 Å². The van der Waals surface area contributed by atoms with E-state index in [4.69, 9.17) is 10.00 Å².